The Kier molecular flexibility index (Phi) is 7.05. The average Bonchev–Trinajstić information content (AvgIpc) is 3.38. The molecule has 0 spiro atoms. The van der Waals surface area contributed by atoms with Crippen molar-refractivity contribution in [2.45, 2.75) is 12.6 Å². The van der Waals surface area contributed by atoms with E-state index in [-0.39, 0.29) is 11.4 Å². The van der Waals surface area contributed by atoms with Crippen molar-refractivity contribution < 1.29 is 22.4 Å². The number of carbonyl (C=O) groups excluding carboxylic acids is 1. The first-order chi connectivity index (χ1) is 20.3. The number of halogens is 3. The number of nitrogens with two attached hydrogens (primary N) is 1. The summed E-state index contributed by atoms with van der Waals surface area (Å²) in [6, 6.07) is 27.7. The van der Waals surface area contributed by atoms with E-state index in [1.54, 1.807) is 30.3 Å². The van der Waals surface area contributed by atoms with Crippen molar-refractivity contribution in [1.82, 2.24) is 9.97 Å². The molecule has 0 bridgehead atoms. The number of hydrogen-bond donors (Lipinski definition) is 2. The van der Waals surface area contributed by atoms with Gasteiger partial charge in [0.1, 0.15) is 23.3 Å². The number of carbonyl (C=O) groups is 1. The van der Waals surface area contributed by atoms with Gasteiger partial charge < -0.3 is 15.5 Å². The summed E-state index contributed by atoms with van der Waals surface area (Å²) in [4.78, 5) is 21.8. The molecular weight excluding hydrogens is 543 g/mol. The zero-order chi connectivity index (χ0) is 29.3. The average molecular weight is 568 g/mol. The highest BCUT2D eigenvalue weighted by Crippen LogP contribution is 2.36. The van der Waals surface area contributed by atoms with Gasteiger partial charge in [-0.25, -0.2) is 9.97 Å². The number of nitrogens with one attached hydrogen (secondary N) is 1. The van der Waals surface area contributed by atoms with E-state index < -0.39 is 12.1 Å². The Hall–Kier alpha value is -5.22. The first kappa shape index (κ1) is 27.0. The van der Waals surface area contributed by atoms with Crippen molar-refractivity contribution in [1.29, 1.82) is 0 Å². The van der Waals surface area contributed by atoms with Crippen LogP contribution in [0.1, 0.15) is 5.56 Å². The van der Waals surface area contributed by atoms with E-state index in [2.05, 4.69) is 15.3 Å². The summed E-state index contributed by atoms with van der Waals surface area (Å²) in [6.07, 6.45) is -3.06. The molecular formula is C32H24F3N5O2. The van der Waals surface area contributed by atoms with Gasteiger partial charge in [-0.05, 0) is 67.1 Å². The minimum absolute atomic E-state index is 0.0642. The van der Waals surface area contributed by atoms with E-state index in [4.69, 9.17) is 10.2 Å². The SMILES string of the molecule is NCCc1ccc(N(C(=O)C(F)(F)F)c2ccc(Nc3cc(-c4cccc5c4oc4ccccc45)ncn3)cc2)cc1. The van der Waals surface area contributed by atoms with Gasteiger partial charge >= 0.3 is 12.1 Å². The Balaban J connectivity index is 1.28. The minimum atomic E-state index is -5.06. The van der Waals surface area contributed by atoms with Crippen LogP contribution in [0, 0.1) is 0 Å². The Morgan fingerprint density at radius 3 is 2.26 bits per heavy atom. The quantitative estimate of drug-likeness (QED) is 0.207. The molecule has 2 heterocycles. The number of alkyl halides is 3. The van der Waals surface area contributed by atoms with Crippen LogP contribution >= 0.6 is 0 Å². The maximum absolute atomic E-state index is 13.5. The molecule has 0 radical (unpaired) electrons. The van der Waals surface area contributed by atoms with Gasteiger partial charge in [-0.3, -0.25) is 9.69 Å². The zero-order valence-electron chi connectivity index (χ0n) is 22.1. The lowest BCUT2D eigenvalue weighted by molar-refractivity contribution is -0.169. The van der Waals surface area contributed by atoms with E-state index in [9.17, 15) is 18.0 Å². The topological polar surface area (TPSA) is 97.3 Å². The third-order valence-corrected chi connectivity index (χ3v) is 6.82. The molecule has 0 unspecified atom stereocenters. The lowest BCUT2D eigenvalue weighted by atomic mass is 10.1. The number of amides is 1. The molecule has 6 aromatic rings. The van der Waals surface area contributed by atoms with Gasteiger partial charge in [0.25, 0.3) is 0 Å². The smallest absolute Gasteiger partial charge is 0.455 e. The van der Waals surface area contributed by atoms with Gasteiger partial charge in [0.2, 0.25) is 0 Å². The Morgan fingerprint density at radius 1 is 0.857 bits per heavy atom. The number of benzene rings is 4. The molecule has 4 aromatic carbocycles. The number of nitrogens with zero attached hydrogens (tertiary/aromatic N) is 3. The summed E-state index contributed by atoms with van der Waals surface area (Å²) in [7, 11) is 0. The minimum Gasteiger partial charge on any atom is -0.455 e. The van der Waals surface area contributed by atoms with E-state index in [0.29, 0.717) is 40.6 Å². The number of fused-ring (bicyclic) bond motifs is 3. The number of hydrogen-bond acceptors (Lipinski definition) is 6. The number of anilines is 4. The maximum Gasteiger partial charge on any atom is 0.472 e. The molecule has 7 nitrogen and oxygen atoms in total. The van der Waals surface area contributed by atoms with Crippen LogP contribution in [0.4, 0.5) is 36.1 Å². The van der Waals surface area contributed by atoms with Gasteiger partial charge in [-0.1, -0.05) is 42.5 Å². The van der Waals surface area contributed by atoms with Crippen LogP contribution in [0.25, 0.3) is 33.2 Å². The molecule has 10 heteroatoms. The van der Waals surface area contributed by atoms with Crippen molar-refractivity contribution >= 4 is 50.7 Å². The number of para-hydroxylation sites is 2. The van der Waals surface area contributed by atoms with E-state index >= 15 is 0 Å². The summed E-state index contributed by atoms with van der Waals surface area (Å²) < 4.78 is 46.7. The summed E-state index contributed by atoms with van der Waals surface area (Å²) in [5.41, 5.74) is 10.1. The van der Waals surface area contributed by atoms with Gasteiger partial charge in [0.05, 0.1) is 5.69 Å². The van der Waals surface area contributed by atoms with Crippen LogP contribution in [-0.2, 0) is 11.2 Å². The van der Waals surface area contributed by atoms with Crippen molar-refractivity contribution in [3.63, 3.8) is 0 Å². The predicted molar refractivity (Wildman–Crippen MR) is 157 cm³/mol. The maximum atomic E-state index is 13.5. The van der Waals surface area contributed by atoms with Crippen molar-refractivity contribution in [2.75, 3.05) is 16.8 Å². The number of furan rings is 1. The molecule has 6 rings (SSSR count). The molecule has 210 valence electrons. The third kappa shape index (κ3) is 5.27. The van der Waals surface area contributed by atoms with Crippen LogP contribution in [0.2, 0.25) is 0 Å². The summed E-state index contributed by atoms with van der Waals surface area (Å²) >= 11 is 0. The molecule has 0 fully saturated rings. The highest BCUT2D eigenvalue weighted by atomic mass is 19.4. The fraction of sp³-hybridized carbons (Fsp3) is 0.0938. The first-order valence-corrected chi connectivity index (χ1v) is 13.1. The van der Waals surface area contributed by atoms with Crippen LogP contribution in [-0.4, -0.2) is 28.6 Å². The van der Waals surface area contributed by atoms with Crippen LogP contribution in [0.15, 0.2) is 108 Å². The molecule has 0 aliphatic heterocycles. The second-order valence-corrected chi connectivity index (χ2v) is 9.58. The Bertz CT molecular complexity index is 1880. The van der Waals surface area contributed by atoms with Gasteiger partial charge in [0, 0.05) is 39.5 Å². The number of rotatable bonds is 7. The second-order valence-electron chi connectivity index (χ2n) is 9.58. The monoisotopic (exact) mass is 567 g/mol. The Labute approximate surface area is 238 Å². The molecule has 0 saturated carbocycles. The van der Waals surface area contributed by atoms with Crippen molar-refractivity contribution in [3.05, 3.63) is 109 Å². The molecule has 0 atom stereocenters. The normalized spacial score (nSPS) is 11.6. The predicted octanol–water partition coefficient (Wildman–Crippen LogP) is 7.51. The van der Waals surface area contributed by atoms with Crippen molar-refractivity contribution in [2.24, 2.45) is 5.73 Å². The highest BCUT2D eigenvalue weighted by molar-refractivity contribution is 6.09. The van der Waals surface area contributed by atoms with Gasteiger partial charge in [0.15, 0.2) is 0 Å². The van der Waals surface area contributed by atoms with E-state index in [0.717, 1.165) is 27.5 Å². The number of aromatic nitrogens is 2. The third-order valence-electron chi connectivity index (χ3n) is 6.82. The fourth-order valence-electron chi connectivity index (χ4n) is 4.85. The van der Waals surface area contributed by atoms with E-state index in [1.807, 2.05) is 42.5 Å². The second kappa shape index (κ2) is 11.0. The van der Waals surface area contributed by atoms with Crippen LogP contribution in [0.5, 0.6) is 0 Å². The van der Waals surface area contributed by atoms with Gasteiger partial charge in [-0.15, -0.1) is 0 Å². The summed E-state index contributed by atoms with van der Waals surface area (Å²) in [5, 5.41) is 5.13. The lowest BCUT2D eigenvalue weighted by Crippen LogP contribution is -2.38. The Morgan fingerprint density at radius 2 is 1.55 bits per heavy atom. The molecule has 0 saturated heterocycles. The zero-order valence-corrected chi connectivity index (χ0v) is 22.1. The van der Waals surface area contributed by atoms with Crippen LogP contribution < -0.4 is 16.0 Å². The summed E-state index contributed by atoms with van der Waals surface area (Å²) in [5.74, 6) is -1.52. The summed E-state index contributed by atoms with van der Waals surface area (Å²) in [6.45, 7) is 0.405. The van der Waals surface area contributed by atoms with Crippen molar-refractivity contribution in [3.8, 4) is 11.3 Å². The largest absolute Gasteiger partial charge is 0.472 e. The molecule has 42 heavy (non-hydrogen) atoms. The molecule has 1 amide bonds. The first-order valence-electron chi connectivity index (χ1n) is 13.1. The van der Waals surface area contributed by atoms with Crippen LogP contribution in [0.3, 0.4) is 0 Å². The molecule has 0 aliphatic carbocycles. The standard InChI is InChI=1S/C32H24F3N5O2/c33-32(34,35)31(41)40(22-12-8-20(9-13-22)16-17-36)23-14-10-21(11-15-23)39-29-18-27(37-19-38-29)26-6-3-5-25-24-4-1-2-7-28(24)42-30(25)26/h1-15,18-19H,16-17,36H2,(H,37,38,39). The fourth-order valence-corrected chi connectivity index (χ4v) is 4.85. The molecule has 0 aliphatic rings. The van der Waals surface area contributed by atoms with E-state index in [1.165, 1.54) is 30.6 Å². The molecule has 3 N–H and O–H groups in total. The lowest BCUT2D eigenvalue weighted by Gasteiger charge is -2.24. The van der Waals surface area contributed by atoms with Gasteiger partial charge in [-0.2, -0.15) is 13.2 Å². The molecule has 2 aromatic heterocycles. The highest BCUT2D eigenvalue weighted by Gasteiger charge is 2.43.